The number of carbonyl (C=O) groups is 1. The first-order chi connectivity index (χ1) is 13.6. The Morgan fingerprint density at radius 1 is 1.21 bits per heavy atom. The summed E-state index contributed by atoms with van der Waals surface area (Å²) in [5, 5.41) is 7.30. The third kappa shape index (κ3) is 4.65. The third-order valence-corrected chi connectivity index (χ3v) is 4.36. The van der Waals surface area contributed by atoms with Gasteiger partial charge in [-0.15, -0.1) is 0 Å². The van der Waals surface area contributed by atoms with Crippen LogP contribution >= 0.6 is 0 Å². The van der Waals surface area contributed by atoms with Gasteiger partial charge in [0.1, 0.15) is 11.4 Å². The third-order valence-electron chi connectivity index (χ3n) is 4.36. The van der Waals surface area contributed by atoms with Crippen LogP contribution in [-0.2, 0) is 4.74 Å². The molecule has 2 heterocycles. The van der Waals surface area contributed by atoms with Crippen LogP contribution in [0.2, 0.25) is 0 Å². The average molecular weight is 385 g/mol. The van der Waals surface area contributed by atoms with Crippen LogP contribution in [0, 0.1) is 5.82 Å². The summed E-state index contributed by atoms with van der Waals surface area (Å²) in [7, 11) is 3.64. The molecule has 1 amide bonds. The van der Waals surface area contributed by atoms with E-state index in [9.17, 15) is 9.18 Å². The van der Waals surface area contributed by atoms with E-state index in [2.05, 4.69) is 15.3 Å². The van der Waals surface area contributed by atoms with E-state index in [1.807, 2.05) is 36.1 Å². The lowest BCUT2D eigenvalue weighted by molar-refractivity contribution is 0.0947. The van der Waals surface area contributed by atoms with Gasteiger partial charge in [-0.25, -0.2) is 9.07 Å². The van der Waals surface area contributed by atoms with Gasteiger partial charge in [0, 0.05) is 39.1 Å². The second-order valence-electron chi connectivity index (χ2n) is 6.41. The molecule has 28 heavy (non-hydrogen) atoms. The van der Waals surface area contributed by atoms with Crippen LogP contribution in [0.1, 0.15) is 10.4 Å². The zero-order chi connectivity index (χ0) is 19.9. The maximum atomic E-state index is 13.3. The quantitative estimate of drug-likeness (QED) is 0.613. The van der Waals surface area contributed by atoms with Gasteiger partial charge in [0.15, 0.2) is 5.82 Å². The highest BCUT2D eigenvalue weighted by atomic mass is 19.1. The molecule has 1 aromatic carbocycles. The normalized spacial score (nSPS) is 11.1. The highest BCUT2D eigenvalue weighted by molar-refractivity contribution is 5.97. The first kappa shape index (κ1) is 19.8. The van der Waals surface area contributed by atoms with Gasteiger partial charge in [0.2, 0.25) is 0 Å². The molecule has 0 fully saturated rings. The van der Waals surface area contributed by atoms with Crippen molar-refractivity contribution in [3.63, 3.8) is 0 Å². The molecular formula is C20H24FN5O2. The van der Waals surface area contributed by atoms with Crippen LogP contribution in [0.4, 0.5) is 4.39 Å². The molecule has 8 heteroatoms. The van der Waals surface area contributed by atoms with Crippen LogP contribution in [0.5, 0.6) is 0 Å². The first-order valence-electron chi connectivity index (χ1n) is 9.03. The number of aromatic nitrogens is 3. The maximum Gasteiger partial charge on any atom is 0.256 e. The zero-order valence-electron chi connectivity index (χ0n) is 16.0. The van der Waals surface area contributed by atoms with Gasteiger partial charge < -0.3 is 19.5 Å². The van der Waals surface area contributed by atoms with Gasteiger partial charge in [-0.2, -0.15) is 5.10 Å². The van der Waals surface area contributed by atoms with Gasteiger partial charge in [-0.05, 0) is 43.4 Å². The van der Waals surface area contributed by atoms with Gasteiger partial charge in [0.25, 0.3) is 5.91 Å². The Labute approximate surface area is 163 Å². The minimum absolute atomic E-state index is 0.211. The Kier molecular flexibility index (Phi) is 6.57. The number of likely N-dealkylation sites (N-methyl/N-ethyl adjacent to an activating group) is 1. The Morgan fingerprint density at radius 2 is 1.93 bits per heavy atom. The molecule has 3 rings (SSSR count). The predicted molar refractivity (Wildman–Crippen MR) is 105 cm³/mol. The molecule has 7 nitrogen and oxygen atoms in total. The Morgan fingerprint density at radius 3 is 2.61 bits per heavy atom. The van der Waals surface area contributed by atoms with Gasteiger partial charge in [-0.1, -0.05) is 0 Å². The molecule has 0 spiro atoms. The molecule has 1 N–H and O–H groups in total. The van der Waals surface area contributed by atoms with Crippen molar-refractivity contribution < 1.29 is 13.9 Å². The fourth-order valence-electron chi connectivity index (χ4n) is 2.81. The number of nitrogens with one attached hydrogen (secondary N) is 1. The van der Waals surface area contributed by atoms with E-state index in [-0.39, 0.29) is 11.7 Å². The van der Waals surface area contributed by atoms with Crippen LogP contribution in [0.3, 0.4) is 0 Å². The van der Waals surface area contributed by atoms with Gasteiger partial charge >= 0.3 is 0 Å². The summed E-state index contributed by atoms with van der Waals surface area (Å²) < 4.78 is 21.8. The minimum atomic E-state index is -0.325. The summed E-state index contributed by atoms with van der Waals surface area (Å²) in [6, 6.07) is 9.73. The van der Waals surface area contributed by atoms with Crippen molar-refractivity contribution in [2.75, 3.05) is 40.4 Å². The first-order valence-corrected chi connectivity index (χ1v) is 9.03. The van der Waals surface area contributed by atoms with Crippen LogP contribution in [0.25, 0.3) is 11.5 Å². The molecule has 0 unspecified atom stereocenters. The average Bonchev–Trinajstić information content (AvgIpc) is 3.36. The highest BCUT2D eigenvalue weighted by Crippen LogP contribution is 2.20. The van der Waals surface area contributed by atoms with Crippen molar-refractivity contribution >= 4 is 5.91 Å². The van der Waals surface area contributed by atoms with Crippen molar-refractivity contribution in [2.24, 2.45) is 0 Å². The van der Waals surface area contributed by atoms with Gasteiger partial charge in [-0.3, -0.25) is 4.79 Å². The topological polar surface area (TPSA) is 64.3 Å². The lowest BCUT2D eigenvalue weighted by atomic mass is 10.2. The minimum Gasteiger partial charge on any atom is -0.383 e. The molecule has 0 aliphatic carbocycles. The van der Waals surface area contributed by atoms with E-state index in [1.54, 1.807) is 23.9 Å². The summed E-state index contributed by atoms with van der Waals surface area (Å²) in [6.07, 6.45) is 5.21. The smallest absolute Gasteiger partial charge is 0.256 e. The summed E-state index contributed by atoms with van der Waals surface area (Å²) in [5.41, 5.74) is 1.11. The molecule has 0 aliphatic heterocycles. The van der Waals surface area contributed by atoms with Crippen molar-refractivity contribution in [2.45, 2.75) is 0 Å². The lowest BCUT2D eigenvalue weighted by Crippen LogP contribution is -2.34. The Hall–Kier alpha value is -2.97. The number of rotatable bonds is 9. The second kappa shape index (κ2) is 9.29. The zero-order valence-corrected chi connectivity index (χ0v) is 16.0. The van der Waals surface area contributed by atoms with E-state index in [0.29, 0.717) is 36.8 Å². The Balaban J connectivity index is 1.79. The molecule has 148 valence electrons. The number of amides is 1. The molecule has 0 saturated heterocycles. The van der Waals surface area contributed by atoms with Crippen molar-refractivity contribution in [1.82, 2.24) is 24.6 Å². The summed E-state index contributed by atoms with van der Waals surface area (Å²) in [6.45, 7) is 2.65. The summed E-state index contributed by atoms with van der Waals surface area (Å²) >= 11 is 0. The second-order valence-corrected chi connectivity index (χ2v) is 6.41. The number of ether oxygens (including phenoxy) is 1. The number of hydrogen-bond acceptors (Lipinski definition) is 4. The number of benzene rings is 1. The maximum absolute atomic E-state index is 13.3. The van der Waals surface area contributed by atoms with E-state index in [4.69, 9.17) is 4.74 Å². The molecule has 0 saturated carbocycles. The molecule has 0 atom stereocenters. The summed E-state index contributed by atoms with van der Waals surface area (Å²) in [4.78, 5) is 14.9. The number of halogens is 1. The lowest BCUT2D eigenvalue weighted by Gasteiger charge is -2.16. The number of carbonyl (C=O) groups excluding carboxylic acids is 1. The van der Waals surface area contributed by atoms with E-state index < -0.39 is 0 Å². The van der Waals surface area contributed by atoms with Crippen LogP contribution in [-0.4, -0.2) is 65.6 Å². The number of hydrogen-bond donors (Lipinski definition) is 1. The van der Waals surface area contributed by atoms with Gasteiger partial charge in [0.05, 0.1) is 18.5 Å². The molecule has 3 aromatic rings. The molecule has 0 aliphatic rings. The van der Waals surface area contributed by atoms with E-state index in [1.165, 1.54) is 18.3 Å². The molecular weight excluding hydrogens is 361 g/mol. The summed E-state index contributed by atoms with van der Waals surface area (Å²) in [5.74, 6) is 0.0630. The standard InChI is InChI=1S/C20H24FN5O2/c1-24(13-14-28-2)12-9-22-19(27)18-15-23-26(17-7-5-16(21)6-8-17)20(18)25-10-3-4-11-25/h3-8,10-11,15H,9,12-14H2,1-2H3,(H,22,27). The van der Waals surface area contributed by atoms with Crippen LogP contribution in [0.15, 0.2) is 55.0 Å². The molecule has 0 bridgehead atoms. The van der Waals surface area contributed by atoms with Crippen molar-refractivity contribution in [1.29, 1.82) is 0 Å². The molecule has 2 aromatic heterocycles. The molecule has 0 radical (unpaired) electrons. The fraction of sp³-hybridized carbons (Fsp3) is 0.300. The SMILES string of the molecule is COCCN(C)CCNC(=O)c1cnn(-c2ccc(F)cc2)c1-n1cccc1. The largest absolute Gasteiger partial charge is 0.383 e. The van der Waals surface area contributed by atoms with E-state index in [0.717, 1.165) is 6.54 Å². The highest BCUT2D eigenvalue weighted by Gasteiger charge is 2.19. The Bertz CT molecular complexity index is 890. The van der Waals surface area contributed by atoms with Crippen molar-refractivity contribution in [3.8, 4) is 11.5 Å². The number of methoxy groups -OCH3 is 1. The predicted octanol–water partition coefficient (Wildman–Crippen LogP) is 2.11. The fourth-order valence-corrected chi connectivity index (χ4v) is 2.81. The van der Waals surface area contributed by atoms with Crippen LogP contribution < -0.4 is 5.32 Å². The van der Waals surface area contributed by atoms with E-state index >= 15 is 0 Å². The van der Waals surface area contributed by atoms with Crippen molar-refractivity contribution in [3.05, 3.63) is 66.4 Å². The number of nitrogens with zero attached hydrogens (tertiary/aromatic N) is 4. The monoisotopic (exact) mass is 385 g/mol.